The first kappa shape index (κ1) is 13.5. The Morgan fingerprint density at radius 2 is 2.24 bits per heavy atom. The van der Waals surface area contributed by atoms with E-state index in [1.165, 1.54) is 0 Å². The van der Waals surface area contributed by atoms with Crippen molar-refractivity contribution in [3.63, 3.8) is 0 Å². The third-order valence-electron chi connectivity index (χ3n) is 1.57. The van der Waals surface area contributed by atoms with E-state index in [2.05, 4.69) is 9.72 Å². The lowest BCUT2D eigenvalue weighted by atomic mass is 10.5. The lowest BCUT2D eigenvalue weighted by Crippen LogP contribution is -2.30. The summed E-state index contributed by atoms with van der Waals surface area (Å²) < 4.78 is 29.1. The van der Waals surface area contributed by atoms with Crippen molar-refractivity contribution in [3.8, 4) is 0 Å². The Labute approximate surface area is 100 Å². The average molecular weight is 280 g/mol. The minimum atomic E-state index is -4.07. The van der Waals surface area contributed by atoms with Crippen molar-refractivity contribution in [2.75, 3.05) is 13.7 Å². The molecule has 0 fully saturated rings. The number of carboxylic acids is 1. The van der Waals surface area contributed by atoms with Crippen molar-refractivity contribution in [2.45, 2.75) is 4.21 Å². The van der Waals surface area contributed by atoms with Crippen LogP contribution in [0.2, 0.25) is 0 Å². The van der Waals surface area contributed by atoms with Crippen molar-refractivity contribution in [2.24, 2.45) is 0 Å². The lowest BCUT2D eigenvalue weighted by Gasteiger charge is -2.03. The summed E-state index contributed by atoms with van der Waals surface area (Å²) in [7, 11) is -2.99. The molecule has 17 heavy (non-hydrogen) atoms. The second-order valence-corrected chi connectivity index (χ2v) is 5.52. The number of sulfonamides is 1. The van der Waals surface area contributed by atoms with Gasteiger partial charge in [0.05, 0.1) is 12.6 Å². The maximum absolute atomic E-state index is 11.6. The fourth-order valence-electron chi connectivity index (χ4n) is 0.881. The molecule has 0 amide bonds. The molecule has 8 nitrogen and oxygen atoms in total. The third-order valence-corrected chi connectivity index (χ3v) is 4.34. The summed E-state index contributed by atoms with van der Waals surface area (Å²) in [5, 5.41) is 8.37. The molecule has 10 heteroatoms. The highest BCUT2D eigenvalue weighted by atomic mass is 32.2. The third kappa shape index (κ3) is 3.22. The van der Waals surface area contributed by atoms with Crippen molar-refractivity contribution in [1.29, 1.82) is 0 Å². The smallest absolute Gasteiger partial charge is 0.358 e. The molecule has 0 aliphatic rings. The molecule has 0 atom stereocenters. The molecule has 1 heterocycles. The summed E-state index contributed by atoms with van der Waals surface area (Å²) in [4.78, 5) is 25.0. The number of methoxy groups -OCH3 is 1. The number of nitrogens with zero attached hydrogens (tertiary/aromatic N) is 1. The number of nitrogens with one attached hydrogen (secondary N) is 1. The molecule has 1 aromatic heterocycles. The van der Waals surface area contributed by atoms with E-state index in [-0.39, 0.29) is 9.90 Å². The van der Waals surface area contributed by atoms with Gasteiger partial charge in [-0.2, -0.15) is 4.72 Å². The number of hydrogen-bond donors (Lipinski definition) is 2. The molecule has 0 aliphatic carbocycles. The van der Waals surface area contributed by atoms with Crippen LogP contribution in [0.4, 0.5) is 0 Å². The van der Waals surface area contributed by atoms with Gasteiger partial charge in [0.1, 0.15) is 6.54 Å². The number of carbonyl (C=O) groups is 2. The van der Waals surface area contributed by atoms with Gasteiger partial charge in [0.2, 0.25) is 0 Å². The van der Waals surface area contributed by atoms with Gasteiger partial charge >= 0.3 is 11.9 Å². The van der Waals surface area contributed by atoms with E-state index in [1.54, 1.807) is 0 Å². The van der Waals surface area contributed by atoms with Crippen molar-refractivity contribution < 1.29 is 27.9 Å². The number of aromatic nitrogens is 1. The van der Waals surface area contributed by atoms with E-state index in [0.717, 1.165) is 12.6 Å². The van der Waals surface area contributed by atoms with Crippen molar-refractivity contribution in [1.82, 2.24) is 9.71 Å². The number of carboxylic acid groups (broad SMARTS) is 1. The van der Waals surface area contributed by atoms with Gasteiger partial charge in [-0.3, -0.25) is 4.79 Å². The minimum absolute atomic E-state index is 0.365. The van der Waals surface area contributed by atoms with Gasteiger partial charge in [-0.25, -0.2) is 18.2 Å². The molecule has 2 N–H and O–H groups in total. The largest absolute Gasteiger partial charge is 0.480 e. The zero-order valence-electron chi connectivity index (χ0n) is 8.54. The quantitative estimate of drug-likeness (QED) is 0.683. The zero-order valence-corrected chi connectivity index (χ0v) is 10.2. The van der Waals surface area contributed by atoms with Gasteiger partial charge in [-0.15, -0.1) is 11.3 Å². The Morgan fingerprint density at radius 1 is 1.59 bits per heavy atom. The Bertz CT molecular complexity index is 534. The molecule has 0 saturated heterocycles. The van der Waals surface area contributed by atoms with Gasteiger partial charge in [0, 0.05) is 0 Å². The molecule has 0 spiro atoms. The van der Waals surface area contributed by atoms with Crippen LogP contribution in [0.3, 0.4) is 0 Å². The lowest BCUT2D eigenvalue weighted by molar-refractivity contribution is -0.135. The molecule has 0 radical (unpaired) electrons. The summed E-state index contributed by atoms with van der Waals surface area (Å²) in [6, 6.07) is 0. The van der Waals surface area contributed by atoms with Gasteiger partial charge in [-0.05, 0) is 0 Å². The molecule has 0 aromatic carbocycles. The van der Waals surface area contributed by atoms with Crippen LogP contribution in [0, 0.1) is 0 Å². The number of aliphatic carboxylic acids is 1. The van der Waals surface area contributed by atoms with Crippen LogP contribution >= 0.6 is 11.3 Å². The molecule has 94 valence electrons. The summed E-state index contributed by atoms with van der Waals surface area (Å²) in [6.45, 7) is -0.777. The van der Waals surface area contributed by atoms with Gasteiger partial charge < -0.3 is 9.84 Å². The first-order chi connectivity index (χ1) is 7.88. The summed E-state index contributed by atoms with van der Waals surface area (Å²) in [5.41, 5.74) is 0.789. The molecule has 0 bridgehead atoms. The van der Waals surface area contributed by atoms with Crippen molar-refractivity contribution >= 4 is 33.3 Å². The predicted octanol–water partition coefficient (Wildman–Crippen LogP) is -0.707. The Kier molecular flexibility index (Phi) is 4.15. The maximum atomic E-state index is 11.6. The monoisotopic (exact) mass is 280 g/mol. The fourth-order valence-corrected chi connectivity index (χ4v) is 3.03. The summed E-state index contributed by atoms with van der Waals surface area (Å²) >= 11 is 0.697. The van der Waals surface area contributed by atoms with Crippen molar-refractivity contribution in [3.05, 3.63) is 11.2 Å². The number of carbonyl (C=O) groups excluding carboxylic acids is 1. The van der Waals surface area contributed by atoms with E-state index in [4.69, 9.17) is 5.11 Å². The van der Waals surface area contributed by atoms with E-state index < -0.39 is 28.5 Å². The average Bonchev–Trinajstić information content (AvgIpc) is 2.75. The molecule has 0 unspecified atom stereocenters. The Hall–Kier alpha value is -1.52. The van der Waals surface area contributed by atoms with E-state index in [0.29, 0.717) is 11.3 Å². The number of esters is 1. The van der Waals surface area contributed by atoms with Crippen LogP contribution in [0.1, 0.15) is 10.5 Å². The highest BCUT2D eigenvalue weighted by molar-refractivity contribution is 7.91. The SMILES string of the molecule is COC(=O)c1ncsc1S(=O)(=O)NCC(=O)O. The van der Waals surface area contributed by atoms with Crippen LogP contribution in [0.25, 0.3) is 0 Å². The van der Waals surface area contributed by atoms with Crippen LogP contribution in [0.5, 0.6) is 0 Å². The second-order valence-electron chi connectivity index (χ2n) is 2.70. The maximum Gasteiger partial charge on any atom is 0.358 e. The number of thiazole rings is 1. The standard InChI is InChI=1S/C7H8N2O6S2/c1-15-6(12)5-7(16-3-8-5)17(13,14)9-2-4(10)11/h3,9H,2H2,1H3,(H,10,11). The minimum Gasteiger partial charge on any atom is -0.480 e. The topological polar surface area (TPSA) is 123 Å². The molecule has 1 aromatic rings. The number of rotatable bonds is 5. The number of ether oxygens (including phenoxy) is 1. The first-order valence-corrected chi connectivity index (χ1v) is 6.48. The highest BCUT2D eigenvalue weighted by Crippen LogP contribution is 2.20. The molecule has 0 aliphatic heterocycles. The Balaban J connectivity index is 3.03. The summed E-state index contributed by atoms with van der Waals surface area (Å²) in [5.74, 6) is -2.24. The highest BCUT2D eigenvalue weighted by Gasteiger charge is 2.26. The van der Waals surface area contributed by atoms with Gasteiger partial charge in [-0.1, -0.05) is 0 Å². The Morgan fingerprint density at radius 3 is 2.76 bits per heavy atom. The second kappa shape index (κ2) is 5.21. The van der Waals surface area contributed by atoms with E-state index >= 15 is 0 Å². The van der Waals surface area contributed by atoms with E-state index in [1.807, 2.05) is 4.72 Å². The van der Waals surface area contributed by atoms with Crippen LogP contribution in [-0.2, 0) is 19.6 Å². The summed E-state index contributed by atoms with van der Waals surface area (Å²) in [6.07, 6.45) is 0. The van der Waals surface area contributed by atoms with Crippen LogP contribution < -0.4 is 4.72 Å². The molecule has 1 rings (SSSR count). The molecular weight excluding hydrogens is 272 g/mol. The van der Waals surface area contributed by atoms with E-state index in [9.17, 15) is 18.0 Å². The normalized spacial score (nSPS) is 11.1. The molecule has 0 saturated carbocycles. The van der Waals surface area contributed by atoms with Gasteiger partial charge in [0.15, 0.2) is 9.90 Å². The molecular formula is C7H8N2O6S2. The fraction of sp³-hybridized carbons (Fsp3) is 0.286. The van der Waals surface area contributed by atoms with Gasteiger partial charge in [0.25, 0.3) is 10.0 Å². The van der Waals surface area contributed by atoms with Crippen LogP contribution in [0.15, 0.2) is 9.72 Å². The van der Waals surface area contributed by atoms with Crippen LogP contribution in [-0.4, -0.2) is 44.1 Å². The first-order valence-electron chi connectivity index (χ1n) is 4.11. The zero-order chi connectivity index (χ0) is 13.1. The number of hydrogen-bond acceptors (Lipinski definition) is 7. The predicted molar refractivity (Wildman–Crippen MR) is 56.3 cm³/mol.